The Kier molecular flexibility index (Phi) is 57.4. The van der Waals surface area contributed by atoms with Crippen molar-refractivity contribution in [2.75, 3.05) is 198 Å². The molecule has 3 aliphatic heterocycles. The molecule has 7 rings (SSSR count). The fourth-order valence-electron chi connectivity index (χ4n) is 13.4. The second kappa shape index (κ2) is 67.9. The molecule has 0 radical (unpaired) electrons. The van der Waals surface area contributed by atoms with Crippen LogP contribution in [0.4, 0.5) is 22.0 Å². The number of halogens is 5. The molecule has 3 aromatic heterocycles. The Bertz CT molecular complexity index is 4160. The molecular formula is C84H134F5N15O36. The molecule has 140 heavy (non-hydrogen) atoms. The number of unbranched alkanes of at least 4 members (excludes halogenated alkanes) is 2. The molecule has 796 valence electrons. The molecule has 0 bridgehead atoms. The molecule has 3 fully saturated rings. The van der Waals surface area contributed by atoms with Crippen molar-refractivity contribution in [3.05, 3.63) is 64.8 Å². The van der Waals surface area contributed by atoms with Gasteiger partial charge in [0.2, 0.25) is 70.3 Å². The number of aliphatic hydroxyl groups is 12. The van der Waals surface area contributed by atoms with Crippen molar-refractivity contribution in [3.63, 3.8) is 0 Å². The SMILES string of the molecule is O=C(CCOCCOCCn1cc(CCO[C@@H]2O[C@H](CO)[C@H](O)[C@H](O)[C@H]2O)nn1)NCCCC[C@H](NC(=O)CCCNC(=O)CCOCCOCCn1cc(CCO[C@@H]2O[C@H](CO)[C@H](O)[C@H](O)[C@H]2O)nn1)C(=O)N[C@@H](CCCCNC(=O)CCOCCOCCn1cc(CCO[C@@H]2O[C@H](CO)[C@H](O)[C@H](O)[C@H]2O)nn1)C(=O)NCCOCCOCCOCCOCCC(=O)Oc1c(F)c(F)c(F)c(F)c1F. The molecule has 0 spiro atoms. The number of benzene rings is 1. The molecular weight excluding hydrogens is 1890 g/mol. The average Bonchev–Trinajstić information content (AvgIpc) is 0.955. The monoisotopic (exact) mass is 2020 g/mol. The first-order valence-electron chi connectivity index (χ1n) is 46.2. The van der Waals surface area contributed by atoms with Gasteiger partial charge in [0.25, 0.3) is 0 Å². The van der Waals surface area contributed by atoms with Gasteiger partial charge in [-0.05, 0) is 44.9 Å². The zero-order valence-electron chi connectivity index (χ0n) is 77.6. The average molecular weight is 2030 g/mol. The highest BCUT2D eigenvalue weighted by molar-refractivity contribution is 5.92. The van der Waals surface area contributed by atoms with Gasteiger partial charge < -0.3 is 174 Å². The maximum absolute atomic E-state index is 14.4. The first-order chi connectivity index (χ1) is 67.6. The quantitative estimate of drug-likeness (QED) is 0.00488. The van der Waals surface area contributed by atoms with Crippen LogP contribution in [0.25, 0.3) is 0 Å². The number of hydrogen-bond donors (Lipinski definition) is 18. The molecule has 6 amide bonds. The Hall–Kier alpha value is -8.54. The number of ether oxygens (including phenoxy) is 17. The van der Waals surface area contributed by atoms with E-state index in [1.165, 1.54) is 0 Å². The van der Waals surface area contributed by atoms with Crippen LogP contribution in [-0.2, 0) is 148 Å². The van der Waals surface area contributed by atoms with E-state index < -0.39 is 189 Å². The number of carbonyl (C=O) groups is 7. The fourth-order valence-corrected chi connectivity index (χ4v) is 13.4. The number of aromatic nitrogens is 9. The van der Waals surface area contributed by atoms with E-state index in [0.29, 0.717) is 62.4 Å². The number of esters is 1. The highest BCUT2D eigenvalue weighted by Gasteiger charge is 2.47. The maximum atomic E-state index is 14.4. The molecule has 6 heterocycles. The predicted molar refractivity (Wildman–Crippen MR) is 462 cm³/mol. The van der Waals surface area contributed by atoms with Crippen LogP contribution in [0.3, 0.4) is 0 Å². The zero-order valence-corrected chi connectivity index (χ0v) is 77.6. The number of nitrogens with zero attached hydrogens (tertiary/aromatic N) is 9. The van der Waals surface area contributed by atoms with E-state index >= 15 is 0 Å². The van der Waals surface area contributed by atoms with Crippen molar-refractivity contribution >= 4 is 41.4 Å². The summed E-state index contributed by atoms with van der Waals surface area (Å²) >= 11 is 0. The lowest BCUT2D eigenvalue weighted by molar-refractivity contribution is -0.300. The van der Waals surface area contributed by atoms with Crippen LogP contribution in [0, 0.1) is 29.1 Å². The highest BCUT2D eigenvalue weighted by atomic mass is 19.2. The van der Waals surface area contributed by atoms with Crippen LogP contribution in [0.1, 0.15) is 94.1 Å². The summed E-state index contributed by atoms with van der Waals surface area (Å²) in [4.78, 5) is 92.7. The van der Waals surface area contributed by atoms with Crippen molar-refractivity contribution in [2.45, 2.75) is 220 Å². The summed E-state index contributed by atoms with van der Waals surface area (Å²) in [5.41, 5.74) is 1.64. The Morgan fingerprint density at radius 1 is 0.329 bits per heavy atom. The molecule has 0 aliphatic carbocycles. The van der Waals surface area contributed by atoms with Gasteiger partial charge in [0.1, 0.15) is 85.3 Å². The summed E-state index contributed by atoms with van der Waals surface area (Å²) in [6, 6.07) is -2.38. The van der Waals surface area contributed by atoms with E-state index in [-0.39, 0.29) is 260 Å². The van der Waals surface area contributed by atoms with Gasteiger partial charge in [-0.2, -0.15) is 8.78 Å². The first kappa shape index (κ1) is 118. The topological polar surface area (TPSA) is 683 Å². The normalized spacial score (nSPS) is 21.9. The van der Waals surface area contributed by atoms with E-state index in [4.69, 9.17) is 75.8 Å². The van der Waals surface area contributed by atoms with E-state index in [1.54, 1.807) is 32.6 Å². The molecule has 0 saturated carbocycles. The highest BCUT2D eigenvalue weighted by Crippen LogP contribution is 2.31. The third-order valence-electron chi connectivity index (χ3n) is 21.3. The standard InChI is InChI=1S/C84H134F5N15O36/c85-65-66(86)68(88)79(69(89)67(65)87)140-64(112)15-26-127-37-42-132-44-45-133-43-38-128-30-19-93-80(122)55(6-1-3-16-90-60(108)12-23-124-34-39-129-31-20-102-46-52(96-99-102)9-27-134-82-76(119)73(116)70(113)57(49-105)137-82)95-81(123)56(7-2-4-17-91-61(109)13-24-125-35-40-130-32-21-103-47-53(97-100-103)10-28-135-83-77(120)74(117)71(114)58(50-106)138-83)94-63(111)8-5-18-92-62(110)14-25-126-36-41-131-33-22-104-48-54(98-101-104)11-29-136-84-78(121)75(118)72(115)59(51-107)139-84/h46-48,55-59,70-78,82-84,105-107,113-121H,1-45,49-51H2,(H,90,108)(H,91,109)(H,92,110)(H,93,122)(H,94,111)(H,95,123)/t55-,56-,57+,58+,59+,70-,71-,72-,73-,74-,75-,76+,77+,78+,82+,83+,84+/m0/s1. The smallest absolute Gasteiger partial charge is 0.313 e. The number of nitrogens with one attached hydrogen (secondary N) is 6. The number of aliphatic hydroxyl groups excluding tert-OH is 12. The second-order valence-electron chi connectivity index (χ2n) is 32.0. The van der Waals surface area contributed by atoms with Gasteiger partial charge in [0.05, 0.1) is 215 Å². The van der Waals surface area contributed by atoms with Crippen molar-refractivity contribution in [1.82, 2.24) is 76.9 Å². The zero-order chi connectivity index (χ0) is 101. The first-order valence-corrected chi connectivity index (χ1v) is 46.2. The number of amides is 6. The van der Waals surface area contributed by atoms with Gasteiger partial charge in [0, 0.05) is 89.7 Å². The van der Waals surface area contributed by atoms with Gasteiger partial charge in [-0.3, -0.25) is 33.6 Å². The van der Waals surface area contributed by atoms with Crippen molar-refractivity contribution in [2.24, 2.45) is 0 Å². The third-order valence-corrected chi connectivity index (χ3v) is 21.3. The summed E-state index contributed by atoms with van der Waals surface area (Å²) < 4.78 is 165. The van der Waals surface area contributed by atoms with Crippen molar-refractivity contribution in [3.8, 4) is 5.75 Å². The summed E-state index contributed by atoms with van der Waals surface area (Å²) in [7, 11) is 0. The predicted octanol–water partition coefficient (Wildman–Crippen LogP) is -7.48. The minimum atomic E-state index is -2.41. The molecule has 18 N–H and O–H groups in total. The van der Waals surface area contributed by atoms with Gasteiger partial charge in [-0.1, -0.05) is 15.6 Å². The van der Waals surface area contributed by atoms with E-state index in [9.17, 15) is 117 Å². The minimum Gasteiger partial charge on any atom is -0.420 e. The number of carbonyl (C=O) groups excluding carboxylic acids is 7. The lowest BCUT2D eigenvalue weighted by Gasteiger charge is -2.39. The van der Waals surface area contributed by atoms with E-state index in [2.05, 4.69) is 67.6 Å². The maximum Gasteiger partial charge on any atom is 0.313 e. The van der Waals surface area contributed by atoms with Crippen LogP contribution in [0.5, 0.6) is 5.75 Å². The van der Waals surface area contributed by atoms with Gasteiger partial charge in [0.15, 0.2) is 18.9 Å². The van der Waals surface area contributed by atoms with Crippen LogP contribution in [0.2, 0.25) is 0 Å². The van der Waals surface area contributed by atoms with Crippen LogP contribution < -0.4 is 36.6 Å². The van der Waals surface area contributed by atoms with E-state index in [1.807, 2.05) is 0 Å². The fraction of sp³-hybridized carbons (Fsp3) is 0.774. The molecule has 4 aromatic rings. The van der Waals surface area contributed by atoms with Crippen LogP contribution >= 0.6 is 0 Å². The van der Waals surface area contributed by atoms with E-state index in [0.717, 1.165) is 0 Å². The second-order valence-corrected chi connectivity index (χ2v) is 32.0. The van der Waals surface area contributed by atoms with Crippen molar-refractivity contribution < 1.29 is 197 Å². The lowest BCUT2D eigenvalue weighted by atomic mass is 9.99. The Morgan fingerprint density at radius 2 is 0.643 bits per heavy atom. The Balaban J connectivity index is 0.824. The third kappa shape index (κ3) is 44.0. The molecule has 51 nitrogen and oxygen atoms in total. The van der Waals surface area contributed by atoms with Gasteiger partial charge >= 0.3 is 5.97 Å². The van der Waals surface area contributed by atoms with Crippen LogP contribution in [-0.4, -0.2) is 450 Å². The Labute approximate surface area is 801 Å². The summed E-state index contributed by atoms with van der Waals surface area (Å²) in [5, 5.41) is 160. The minimum absolute atomic E-state index is 0.00428. The van der Waals surface area contributed by atoms with Gasteiger partial charge in [-0.25, -0.2) is 27.2 Å². The lowest BCUT2D eigenvalue weighted by Crippen LogP contribution is -2.59. The van der Waals surface area contributed by atoms with Crippen LogP contribution in [0.15, 0.2) is 18.6 Å². The molecule has 3 saturated heterocycles. The molecule has 0 unspecified atom stereocenters. The number of hydrogen-bond acceptors (Lipinski definition) is 42. The number of rotatable bonds is 76. The summed E-state index contributed by atoms with van der Waals surface area (Å²) in [6.45, 7) is 1.66. The molecule has 1 aromatic carbocycles. The summed E-state index contributed by atoms with van der Waals surface area (Å²) in [6.07, 6.45) is -14.5. The largest absolute Gasteiger partial charge is 0.420 e. The van der Waals surface area contributed by atoms with Gasteiger partial charge in [-0.15, -0.1) is 15.3 Å². The summed E-state index contributed by atoms with van der Waals surface area (Å²) in [5.74, 6) is -17.5. The Morgan fingerprint density at radius 3 is 1.00 bits per heavy atom. The van der Waals surface area contributed by atoms with Crippen molar-refractivity contribution in [1.29, 1.82) is 0 Å². The molecule has 17 atom stereocenters. The molecule has 56 heteroatoms. The molecule has 3 aliphatic rings.